The van der Waals surface area contributed by atoms with E-state index in [2.05, 4.69) is 41.8 Å². The number of rotatable bonds is 0. The van der Waals surface area contributed by atoms with Crippen LogP contribution >= 0.6 is 31.9 Å². The van der Waals surface area contributed by atoms with Crippen molar-refractivity contribution in [1.29, 1.82) is 0 Å². The molecular formula is C9H6Br2N2. The molecule has 0 atom stereocenters. The van der Waals surface area contributed by atoms with Gasteiger partial charge in [0.25, 0.3) is 0 Å². The first-order chi connectivity index (χ1) is 6.16. The highest BCUT2D eigenvalue weighted by Gasteiger charge is 2.02. The molecule has 0 bridgehead atoms. The number of nitrogens with zero attached hydrogens (tertiary/aromatic N) is 2. The molecule has 0 aliphatic heterocycles. The first-order valence-corrected chi connectivity index (χ1v) is 5.34. The van der Waals surface area contributed by atoms with Crippen LogP contribution in [0.3, 0.4) is 0 Å². The quantitative estimate of drug-likeness (QED) is 0.745. The molecule has 2 rings (SSSR count). The number of fused-ring (bicyclic) bond motifs is 1. The van der Waals surface area contributed by atoms with E-state index in [0.29, 0.717) is 0 Å². The van der Waals surface area contributed by atoms with Gasteiger partial charge in [-0.1, -0.05) is 15.9 Å². The molecule has 0 aliphatic carbocycles. The third-order valence-corrected chi connectivity index (χ3v) is 2.78. The van der Waals surface area contributed by atoms with E-state index in [-0.39, 0.29) is 0 Å². The number of halogens is 2. The van der Waals surface area contributed by atoms with Crippen LogP contribution in [-0.2, 0) is 0 Å². The lowest BCUT2D eigenvalue weighted by molar-refractivity contribution is 1.09. The lowest BCUT2D eigenvalue weighted by Gasteiger charge is -2.01. The summed E-state index contributed by atoms with van der Waals surface area (Å²) in [6.07, 6.45) is 1.83. The largest absolute Gasteiger partial charge is 0.241 e. The van der Waals surface area contributed by atoms with Crippen LogP contribution < -0.4 is 0 Å². The third-order valence-electron chi connectivity index (χ3n) is 1.72. The van der Waals surface area contributed by atoms with Crippen LogP contribution in [0.1, 0.15) is 5.82 Å². The Morgan fingerprint density at radius 2 is 2.00 bits per heavy atom. The van der Waals surface area contributed by atoms with Crippen molar-refractivity contribution < 1.29 is 0 Å². The zero-order chi connectivity index (χ0) is 9.42. The standard InChI is InChI=1S/C9H6Br2N2/c1-5-12-4-6-2-7(10)3-8(11)9(6)13-5/h2-4H,1H3. The first kappa shape index (κ1) is 9.09. The normalized spacial score (nSPS) is 10.7. The van der Waals surface area contributed by atoms with Crippen molar-refractivity contribution in [2.75, 3.05) is 0 Å². The molecule has 0 aliphatic rings. The lowest BCUT2D eigenvalue weighted by atomic mass is 10.2. The second kappa shape index (κ2) is 3.35. The van der Waals surface area contributed by atoms with E-state index in [1.165, 1.54) is 0 Å². The second-order valence-corrected chi connectivity index (χ2v) is 4.51. The highest BCUT2D eigenvalue weighted by molar-refractivity contribution is 9.11. The van der Waals surface area contributed by atoms with Gasteiger partial charge >= 0.3 is 0 Å². The molecule has 2 nitrogen and oxygen atoms in total. The van der Waals surface area contributed by atoms with Crippen LogP contribution in [0.5, 0.6) is 0 Å². The summed E-state index contributed by atoms with van der Waals surface area (Å²) in [4.78, 5) is 8.47. The minimum absolute atomic E-state index is 0.788. The summed E-state index contributed by atoms with van der Waals surface area (Å²) in [5, 5.41) is 1.03. The van der Waals surface area contributed by atoms with Crippen LogP contribution in [0.25, 0.3) is 10.9 Å². The molecule has 0 fully saturated rings. The van der Waals surface area contributed by atoms with E-state index in [1.807, 2.05) is 25.3 Å². The molecule has 0 spiro atoms. The highest BCUT2D eigenvalue weighted by atomic mass is 79.9. The Balaban J connectivity index is 2.87. The van der Waals surface area contributed by atoms with Gasteiger partial charge in [0, 0.05) is 20.5 Å². The number of hydrogen-bond donors (Lipinski definition) is 0. The average molecular weight is 302 g/mol. The molecular weight excluding hydrogens is 296 g/mol. The van der Waals surface area contributed by atoms with Crippen LogP contribution in [0, 0.1) is 6.92 Å². The molecule has 0 saturated heterocycles. The fourth-order valence-corrected chi connectivity index (χ4v) is 2.50. The molecule has 1 aromatic heterocycles. The highest BCUT2D eigenvalue weighted by Crippen LogP contribution is 2.26. The molecule has 1 heterocycles. The molecule has 0 saturated carbocycles. The Morgan fingerprint density at radius 1 is 1.23 bits per heavy atom. The van der Waals surface area contributed by atoms with Gasteiger partial charge in [-0.25, -0.2) is 9.97 Å². The Labute approximate surface area is 92.7 Å². The first-order valence-electron chi connectivity index (χ1n) is 3.75. The third kappa shape index (κ3) is 1.74. The summed E-state index contributed by atoms with van der Waals surface area (Å²) in [6.45, 7) is 1.88. The summed E-state index contributed by atoms with van der Waals surface area (Å²) < 4.78 is 2.02. The summed E-state index contributed by atoms with van der Waals surface area (Å²) >= 11 is 6.88. The molecule has 0 amide bonds. The molecule has 0 N–H and O–H groups in total. The fourth-order valence-electron chi connectivity index (χ4n) is 1.16. The number of aryl methyl sites for hydroxylation is 1. The van der Waals surface area contributed by atoms with Gasteiger partial charge in [0.15, 0.2) is 0 Å². The molecule has 4 heteroatoms. The van der Waals surface area contributed by atoms with E-state index >= 15 is 0 Å². The van der Waals surface area contributed by atoms with Crippen LogP contribution in [0.15, 0.2) is 27.3 Å². The summed E-state index contributed by atoms with van der Waals surface area (Å²) in [7, 11) is 0. The second-order valence-electron chi connectivity index (χ2n) is 2.74. The number of aromatic nitrogens is 2. The van der Waals surface area contributed by atoms with Gasteiger partial charge in [-0.15, -0.1) is 0 Å². The van der Waals surface area contributed by atoms with Gasteiger partial charge in [-0.2, -0.15) is 0 Å². The van der Waals surface area contributed by atoms with Crippen LogP contribution in [-0.4, -0.2) is 9.97 Å². The van der Waals surface area contributed by atoms with Crippen molar-refractivity contribution >= 4 is 42.8 Å². The topological polar surface area (TPSA) is 25.8 Å². The van der Waals surface area contributed by atoms with Gasteiger partial charge in [0.2, 0.25) is 0 Å². The maximum absolute atomic E-state index is 4.34. The Bertz CT molecular complexity index is 468. The zero-order valence-corrected chi connectivity index (χ0v) is 10.1. The predicted molar refractivity (Wildman–Crippen MR) is 59.7 cm³/mol. The zero-order valence-electron chi connectivity index (χ0n) is 6.88. The van der Waals surface area contributed by atoms with Crippen molar-refractivity contribution in [3.05, 3.63) is 33.1 Å². The number of hydrogen-bond acceptors (Lipinski definition) is 2. The summed E-state index contributed by atoms with van der Waals surface area (Å²) in [5.41, 5.74) is 0.954. The molecule has 0 unspecified atom stereocenters. The van der Waals surface area contributed by atoms with E-state index in [4.69, 9.17) is 0 Å². The Hall–Kier alpha value is -0.480. The fraction of sp³-hybridized carbons (Fsp3) is 0.111. The summed E-state index contributed by atoms with van der Waals surface area (Å²) in [6, 6.07) is 3.98. The Kier molecular flexibility index (Phi) is 2.34. The van der Waals surface area contributed by atoms with Gasteiger partial charge in [0.05, 0.1) is 5.52 Å². The van der Waals surface area contributed by atoms with Crippen molar-refractivity contribution in [2.45, 2.75) is 6.92 Å². The van der Waals surface area contributed by atoms with E-state index in [1.54, 1.807) is 0 Å². The monoisotopic (exact) mass is 300 g/mol. The van der Waals surface area contributed by atoms with Gasteiger partial charge in [-0.3, -0.25) is 0 Å². The average Bonchev–Trinajstić information content (AvgIpc) is 2.06. The van der Waals surface area contributed by atoms with Gasteiger partial charge in [-0.05, 0) is 35.0 Å². The van der Waals surface area contributed by atoms with Gasteiger partial charge < -0.3 is 0 Å². The van der Waals surface area contributed by atoms with Crippen molar-refractivity contribution in [3.8, 4) is 0 Å². The minimum Gasteiger partial charge on any atom is -0.241 e. The lowest BCUT2D eigenvalue weighted by Crippen LogP contribution is -1.88. The van der Waals surface area contributed by atoms with E-state index < -0.39 is 0 Å². The Morgan fingerprint density at radius 3 is 2.77 bits per heavy atom. The van der Waals surface area contributed by atoms with Crippen LogP contribution in [0.2, 0.25) is 0 Å². The molecule has 0 radical (unpaired) electrons. The smallest absolute Gasteiger partial charge is 0.125 e. The summed E-state index contributed by atoms with van der Waals surface area (Å²) in [5.74, 6) is 0.788. The van der Waals surface area contributed by atoms with Crippen molar-refractivity contribution in [1.82, 2.24) is 9.97 Å². The molecule has 66 valence electrons. The van der Waals surface area contributed by atoms with Crippen molar-refractivity contribution in [3.63, 3.8) is 0 Å². The number of benzene rings is 1. The van der Waals surface area contributed by atoms with Crippen LogP contribution in [0.4, 0.5) is 0 Å². The maximum atomic E-state index is 4.34. The SMILES string of the molecule is Cc1ncc2cc(Br)cc(Br)c2n1. The molecule has 2 aromatic rings. The molecule has 1 aromatic carbocycles. The maximum Gasteiger partial charge on any atom is 0.125 e. The minimum atomic E-state index is 0.788. The van der Waals surface area contributed by atoms with E-state index in [9.17, 15) is 0 Å². The van der Waals surface area contributed by atoms with Gasteiger partial charge in [0.1, 0.15) is 5.82 Å². The van der Waals surface area contributed by atoms with Crippen molar-refractivity contribution in [2.24, 2.45) is 0 Å². The predicted octanol–water partition coefficient (Wildman–Crippen LogP) is 3.46. The molecule has 13 heavy (non-hydrogen) atoms. The van der Waals surface area contributed by atoms with E-state index in [0.717, 1.165) is 25.7 Å².